The van der Waals surface area contributed by atoms with E-state index in [2.05, 4.69) is 15.9 Å². The molecule has 0 fully saturated rings. The van der Waals surface area contributed by atoms with Crippen molar-refractivity contribution in [2.75, 3.05) is 0 Å². The quantitative estimate of drug-likeness (QED) is 0.858. The summed E-state index contributed by atoms with van der Waals surface area (Å²) in [5, 5.41) is 14.1. The van der Waals surface area contributed by atoms with Crippen LogP contribution in [0.15, 0.2) is 51.8 Å². The van der Waals surface area contributed by atoms with Crippen LogP contribution in [0.1, 0.15) is 10.4 Å². The third kappa shape index (κ3) is 3.60. The molecule has 0 spiro atoms. The molecule has 0 saturated carbocycles. The molecule has 0 saturated heterocycles. The first-order valence-corrected chi connectivity index (χ1v) is 7.95. The van der Waals surface area contributed by atoms with E-state index in [9.17, 15) is 13.2 Å². The number of ether oxygens (including phenoxy) is 1. The number of para-hydroxylation sites is 1. The Morgan fingerprint density at radius 1 is 1.14 bits per heavy atom. The predicted octanol–water partition coefficient (Wildman–Crippen LogP) is 2.59. The van der Waals surface area contributed by atoms with Gasteiger partial charge < -0.3 is 9.84 Å². The fourth-order valence-corrected chi connectivity index (χ4v) is 2.59. The van der Waals surface area contributed by atoms with Gasteiger partial charge in [0.1, 0.15) is 16.4 Å². The molecule has 0 unspecified atom stereocenters. The van der Waals surface area contributed by atoms with Gasteiger partial charge in [0, 0.05) is 0 Å². The van der Waals surface area contributed by atoms with E-state index < -0.39 is 16.0 Å². The monoisotopic (exact) mass is 371 g/mol. The average molecular weight is 372 g/mol. The molecule has 0 bridgehead atoms. The van der Waals surface area contributed by atoms with Crippen molar-refractivity contribution in [3.05, 3.63) is 52.5 Å². The van der Waals surface area contributed by atoms with Crippen molar-refractivity contribution >= 4 is 31.9 Å². The molecule has 0 heterocycles. The van der Waals surface area contributed by atoms with Crippen molar-refractivity contribution in [2.24, 2.45) is 5.14 Å². The molecule has 0 aliphatic heterocycles. The number of sulfonamides is 1. The Kier molecular flexibility index (Phi) is 4.31. The summed E-state index contributed by atoms with van der Waals surface area (Å²) in [5.74, 6) is -0.929. The lowest BCUT2D eigenvalue weighted by atomic mass is 10.2. The first-order chi connectivity index (χ1) is 9.79. The van der Waals surface area contributed by atoms with E-state index in [1.54, 1.807) is 6.07 Å². The summed E-state index contributed by atoms with van der Waals surface area (Å²) in [6, 6.07) is 10.0. The van der Waals surface area contributed by atoms with Gasteiger partial charge in [-0.25, -0.2) is 18.4 Å². The molecule has 3 N–H and O–H groups in total. The zero-order chi connectivity index (χ0) is 15.6. The molecule has 0 radical (unpaired) electrons. The molecule has 2 aromatic rings. The summed E-state index contributed by atoms with van der Waals surface area (Å²) < 4.78 is 29.0. The number of carboxylic acid groups (broad SMARTS) is 1. The molecule has 8 heteroatoms. The van der Waals surface area contributed by atoms with Gasteiger partial charge in [-0.1, -0.05) is 12.1 Å². The zero-order valence-electron chi connectivity index (χ0n) is 10.5. The van der Waals surface area contributed by atoms with Gasteiger partial charge in [-0.15, -0.1) is 0 Å². The minimum atomic E-state index is -3.95. The van der Waals surface area contributed by atoms with Crippen LogP contribution < -0.4 is 9.88 Å². The van der Waals surface area contributed by atoms with E-state index in [0.717, 1.165) is 0 Å². The Hall–Kier alpha value is -1.90. The number of aromatic carboxylic acids is 1. The molecular formula is C13H10BrNO5S. The Morgan fingerprint density at radius 3 is 2.43 bits per heavy atom. The number of primary sulfonamides is 1. The van der Waals surface area contributed by atoms with Crippen LogP contribution >= 0.6 is 15.9 Å². The highest BCUT2D eigenvalue weighted by molar-refractivity contribution is 9.10. The number of rotatable bonds is 4. The minimum absolute atomic E-state index is 0.0151. The summed E-state index contributed by atoms with van der Waals surface area (Å²) in [4.78, 5) is 10.8. The number of hydrogen-bond acceptors (Lipinski definition) is 4. The third-order valence-electron chi connectivity index (χ3n) is 2.55. The van der Waals surface area contributed by atoms with Crippen LogP contribution in [-0.2, 0) is 10.0 Å². The molecule has 0 aromatic heterocycles. The maximum atomic E-state index is 11.5. The summed E-state index contributed by atoms with van der Waals surface area (Å²) >= 11 is 3.21. The Morgan fingerprint density at radius 2 is 1.81 bits per heavy atom. The minimum Gasteiger partial charge on any atom is -0.478 e. The second-order valence-electron chi connectivity index (χ2n) is 4.04. The molecule has 0 aliphatic rings. The van der Waals surface area contributed by atoms with E-state index >= 15 is 0 Å². The van der Waals surface area contributed by atoms with Crippen LogP contribution in [0.25, 0.3) is 0 Å². The van der Waals surface area contributed by atoms with Crippen molar-refractivity contribution in [3.8, 4) is 11.5 Å². The van der Waals surface area contributed by atoms with E-state index in [0.29, 0.717) is 4.47 Å². The largest absolute Gasteiger partial charge is 0.478 e. The number of halogens is 1. The van der Waals surface area contributed by atoms with Crippen molar-refractivity contribution in [1.29, 1.82) is 0 Å². The van der Waals surface area contributed by atoms with Gasteiger partial charge in [0.05, 0.1) is 10.0 Å². The number of hydrogen-bond donors (Lipinski definition) is 2. The van der Waals surface area contributed by atoms with Gasteiger partial charge in [0.2, 0.25) is 10.0 Å². The Labute approximate surface area is 129 Å². The second-order valence-corrected chi connectivity index (χ2v) is 6.43. The fourth-order valence-electron chi connectivity index (χ4n) is 1.60. The lowest BCUT2D eigenvalue weighted by Gasteiger charge is -2.11. The maximum Gasteiger partial charge on any atom is 0.335 e. The molecule has 110 valence electrons. The molecule has 6 nitrogen and oxygen atoms in total. The van der Waals surface area contributed by atoms with Gasteiger partial charge in [-0.3, -0.25) is 0 Å². The van der Waals surface area contributed by atoms with Gasteiger partial charge in [0.15, 0.2) is 0 Å². The molecule has 2 aromatic carbocycles. The van der Waals surface area contributed by atoms with Crippen molar-refractivity contribution in [1.82, 2.24) is 0 Å². The molecular weight excluding hydrogens is 362 g/mol. The van der Waals surface area contributed by atoms with Crippen LogP contribution in [0.3, 0.4) is 0 Å². The van der Waals surface area contributed by atoms with Crippen molar-refractivity contribution in [2.45, 2.75) is 4.90 Å². The highest BCUT2D eigenvalue weighted by Crippen LogP contribution is 2.33. The highest BCUT2D eigenvalue weighted by atomic mass is 79.9. The molecule has 2 rings (SSSR count). The SMILES string of the molecule is NS(=O)(=O)c1ccccc1Oc1cc(C(=O)O)ccc1Br. The summed E-state index contributed by atoms with van der Waals surface area (Å²) in [6.45, 7) is 0. The first-order valence-electron chi connectivity index (χ1n) is 5.61. The van der Waals surface area contributed by atoms with Gasteiger partial charge in [0.25, 0.3) is 0 Å². The highest BCUT2D eigenvalue weighted by Gasteiger charge is 2.16. The molecule has 0 amide bonds. The smallest absolute Gasteiger partial charge is 0.335 e. The number of nitrogens with two attached hydrogens (primary N) is 1. The lowest BCUT2D eigenvalue weighted by molar-refractivity contribution is 0.0696. The number of benzene rings is 2. The van der Waals surface area contributed by atoms with Crippen molar-refractivity contribution in [3.63, 3.8) is 0 Å². The lowest BCUT2D eigenvalue weighted by Crippen LogP contribution is -2.13. The summed E-state index contributed by atoms with van der Waals surface area (Å²) in [6.07, 6.45) is 0. The number of carboxylic acids is 1. The topological polar surface area (TPSA) is 107 Å². The zero-order valence-corrected chi connectivity index (χ0v) is 12.9. The van der Waals surface area contributed by atoms with Crippen LogP contribution in [0, 0.1) is 0 Å². The van der Waals surface area contributed by atoms with Gasteiger partial charge in [-0.05, 0) is 46.3 Å². The predicted molar refractivity (Wildman–Crippen MR) is 79.0 cm³/mol. The van der Waals surface area contributed by atoms with E-state index in [1.165, 1.54) is 36.4 Å². The Bertz CT molecular complexity index is 804. The second kappa shape index (κ2) is 5.84. The van der Waals surface area contributed by atoms with Crippen LogP contribution in [0.5, 0.6) is 11.5 Å². The molecule has 0 aliphatic carbocycles. The average Bonchev–Trinajstić information content (AvgIpc) is 2.40. The molecule has 21 heavy (non-hydrogen) atoms. The fraction of sp³-hybridized carbons (Fsp3) is 0. The first kappa shape index (κ1) is 15.5. The third-order valence-corrected chi connectivity index (χ3v) is 4.16. The Balaban J connectivity index is 2.49. The summed E-state index contributed by atoms with van der Waals surface area (Å²) in [5.41, 5.74) is 0.0151. The van der Waals surface area contributed by atoms with E-state index in [4.69, 9.17) is 15.0 Å². The normalized spacial score (nSPS) is 11.1. The van der Waals surface area contributed by atoms with Crippen LogP contribution in [0.2, 0.25) is 0 Å². The van der Waals surface area contributed by atoms with E-state index in [-0.39, 0.29) is 22.0 Å². The molecule has 0 atom stereocenters. The van der Waals surface area contributed by atoms with Gasteiger partial charge >= 0.3 is 5.97 Å². The van der Waals surface area contributed by atoms with E-state index in [1.807, 2.05) is 0 Å². The van der Waals surface area contributed by atoms with Crippen LogP contribution in [0.4, 0.5) is 0 Å². The summed E-state index contributed by atoms with van der Waals surface area (Å²) in [7, 11) is -3.95. The van der Waals surface area contributed by atoms with Crippen LogP contribution in [-0.4, -0.2) is 19.5 Å². The number of carbonyl (C=O) groups is 1. The van der Waals surface area contributed by atoms with Crippen molar-refractivity contribution < 1.29 is 23.1 Å². The standard InChI is InChI=1S/C13H10BrNO5S/c14-9-6-5-8(13(16)17)7-11(9)20-10-3-1-2-4-12(10)21(15,18)19/h1-7H,(H,16,17)(H2,15,18,19). The maximum absolute atomic E-state index is 11.5. The van der Waals surface area contributed by atoms with Gasteiger partial charge in [-0.2, -0.15) is 0 Å².